The molecule has 0 saturated carbocycles. The minimum absolute atomic E-state index is 0.0146. The SMILES string of the molecule is CCCCCCCC(=O)CSc1nc2c(c(=O)[nH]1)CCCC2. The van der Waals surface area contributed by atoms with E-state index in [4.69, 9.17) is 0 Å². The number of thioether (sulfide) groups is 1. The quantitative estimate of drug-likeness (QED) is 0.428. The van der Waals surface area contributed by atoms with Gasteiger partial charge in [0.2, 0.25) is 0 Å². The summed E-state index contributed by atoms with van der Waals surface area (Å²) < 4.78 is 0. The Morgan fingerprint density at radius 2 is 1.95 bits per heavy atom. The van der Waals surface area contributed by atoms with Gasteiger partial charge in [-0.25, -0.2) is 4.98 Å². The van der Waals surface area contributed by atoms with Gasteiger partial charge in [0.05, 0.1) is 11.4 Å². The minimum Gasteiger partial charge on any atom is -0.301 e. The van der Waals surface area contributed by atoms with E-state index in [-0.39, 0.29) is 11.3 Å². The number of unbranched alkanes of at least 4 members (excludes halogenated alkanes) is 4. The van der Waals surface area contributed by atoms with Crippen molar-refractivity contribution in [1.29, 1.82) is 0 Å². The number of hydrogen-bond acceptors (Lipinski definition) is 4. The van der Waals surface area contributed by atoms with Gasteiger partial charge in [-0.1, -0.05) is 44.4 Å². The molecule has 1 aliphatic rings. The zero-order valence-electron chi connectivity index (χ0n) is 13.5. The molecule has 0 radical (unpaired) electrons. The number of aryl methyl sites for hydroxylation is 1. The van der Waals surface area contributed by atoms with E-state index in [0.29, 0.717) is 17.3 Å². The molecule has 0 amide bonds. The Bertz CT molecular complexity index is 554. The van der Waals surface area contributed by atoms with Gasteiger partial charge < -0.3 is 4.98 Å². The van der Waals surface area contributed by atoms with Gasteiger partial charge in [0, 0.05) is 12.0 Å². The molecule has 1 N–H and O–H groups in total. The van der Waals surface area contributed by atoms with Crippen LogP contribution in [0.5, 0.6) is 0 Å². The highest BCUT2D eigenvalue weighted by Gasteiger charge is 2.16. The highest BCUT2D eigenvalue weighted by atomic mass is 32.2. The molecule has 1 aromatic rings. The predicted octanol–water partition coefficient (Wildman–Crippen LogP) is 3.67. The molecule has 5 heteroatoms. The smallest absolute Gasteiger partial charge is 0.254 e. The molecule has 4 nitrogen and oxygen atoms in total. The monoisotopic (exact) mass is 322 g/mol. The molecule has 0 atom stereocenters. The number of ketones is 1. The van der Waals surface area contributed by atoms with Crippen LogP contribution in [0.25, 0.3) is 0 Å². The molecule has 0 fully saturated rings. The van der Waals surface area contributed by atoms with Crippen molar-refractivity contribution >= 4 is 17.5 Å². The van der Waals surface area contributed by atoms with Crippen LogP contribution in [0.4, 0.5) is 0 Å². The molecule has 0 spiro atoms. The van der Waals surface area contributed by atoms with Gasteiger partial charge in [0.15, 0.2) is 5.16 Å². The molecule has 0 aliphatic heterocycles. The number of carbonyl (C=O) groups is 1. The lowest BCUT2D eigenvalue weighted by Gasteiger charge is -2.14. The third kappa shape index (κ3) is 5.27. The van der Waals surface area contributed by atoms with Crippen molar-refractivity contribution in [3.8, 4) is 0 Å². The Kier molecular flexibility index (Phi) is 7.16. The third-order valence-corrected chi connectivity index (χ3v) is 5.03. The Balaban J connectivity index is 1.78. The van der Waals surface area contributed by atoms with Crippen LogP contribution in [0.3, 0.4) is 0 Å². The summed E-state index contributed by atoms with van der Waals surface area (Å²) in [6, 6.07) is 0. The van der Waals surface area contributed by atoms with E-state index in [1.54, 1.807) is 0 Å². The predicted molar refractivity (Wildman–Crippen MR) is 90.6 cm³/mol. The summed E-state index contributed by atoms with van der Waals surface area (Å²) in [5.74, 6) is 0.664. The number of fused-ring (bicyclic) bond motifs is 1. The summed E-state index contributed by atoms with van der Waals surface area (Å²) in [5, 5.41) is 0.602. The zero-order valence-corrected chi connectivity index (χ0v) is 14.3. The zero-order chi connectivity index (χ0) is 15.8. The minimum atomic E-state index is -0.0146. The number of nitrogens with one attached hydrogen (secondary N) is 1. The number of carbonyl (C=O) groups excluding carboxylic acids is 1. The summed E-state index contributed by atoms with van der Waals surface area (Å²) in [6.07, 6.45) is 10.3. The number of hydrogen-bond donors (Lipinski definition) is 1. The molecule has 0 unspecified atom stereocenters. The number of rotatable bonds is 9. The normalized spacial score (nSPS) is 13.9. The van der Waals surface area contributed by atoms with Crippen LogP contribution < -0.4 is 5.56 Å². The number of aromatic amines is 1. The molecular formula is C17H26N2O2S. The molecule has 122 valence electrons. The maximum absolute atomic E-state index is 12.0. The number of aromatic nitrogens is 2. The lowest BCUT2D eigenvalue weighted by atomic mass is 9.97. The van der Waals surface area contributed by atoms with Crippen molar-refractivity contribution in [3.63, 3.8) is 0 Å². The molecular weight excluding hydrogens is 296 g/mol. The second-order valence-electron chi connectivity index (χ2n) is 5.99. The molecule has 22 heavy (non-hydrogen) atoms. The van der Waals surface area contributed by atoms with Gasteiger partial charge in [-0.05, 0) is 32.1 Å². The first-order chi connectivity index (χ1) is 10.7. The lowest BCUT2D eigenvalue weighted by Crippen LogP contribution is -2.21. The fraction of sp³-hybridized carbons (Fsp3) is 0.706. The van der Waals surface area contributed by atoms with Crippen molar-refractivity contribution in [3.05, 3.63) is 21.6 Å². The molecule has 0 bridgehead atoms. The van der Waals surface area contributed by atoms with Crippen LogP contribution in [0, 0.1) is 0 Å². The Morgan fingerprint density at radius 1 is 1.18 bits per heavy atom. The van der Waals surface area contributed by atoms with Crippen LogP contribution in [0.15, 0.2) is 9.95 Å². The van der Waals surface area contributed by atoms with Gasteiger partial charge in [-0.2, -0.15) is 0 Å². The average molecular weight is 322 g/mol. The second-order valence-corrected chi connectivity index (χ2v) is 6.96. The number of nitrogens with zero attached hydrogens (tertiary/aromatic N) is 1. The largest absolute Gasteiger partial charge is 0.301 e. The van der Waals surface area contributed by atoms with Crippen LogP contribution >= 0.6 is 11.8 Å². The van der Waals surface area contributed by atoms with Crippen molar-refractivity contribution in [2.75, 3.05) is 5.75 Å². The fourth-order valence-corrected chi connectivity index (χ4v) is 3.58. The number of Topliss-reactive ketones (excluding diaryl/α,β-unsaturated/α-hetero) is 1. The standard InChI is InChI=1S/C17H26N2O2S/c1-2-3-4-5-6-9-13(20)12-22-17-18-15-11-8-7-10-14(15)16(21)19-17/h2-12H2,1H3,(H,18,19,21). The first-order valence-corrected chi connectivity index (χ1v) is 9.46. The highest BCUT2D eigenvalue weighted by Crippen LogP contribution is 2.19. The average Bonchev–Trinajstić information content (AvgIpc) is 2.53. The summed E-state index contributed by atoms with van der Waals surface area (Å²) in [5.41, 5.74) is 1.77. The van der Waals surface area contributed by atoms with E-state index in [2.05, 4.69) is 16.9 Å². The maximum atomic E-state index is 12.0. The van der Waals surface area contributed by atoms with Crippen LogP contribution in [0.1, 0.15) is 69.5 Å². The van der Waals surface area contributed by atoms with Gasteiger partial charge in [0.25, 0.3) is 5.56 Å². The van der Waals surface area contributed by atoms with E-state index < -0.39 is 0 Å². The lowest BCUT2D eigenvalue weighted by molar-refractivity contribution is -0.116. The number of H-pyrrole nitrogens is 1. The first-order valence-electron chi connectivity index (χ1n) is 8.47. The third-order valence-electron chi connectivity index (χ3n) is 4.10. The molecule has 1 heterocycles. The summed E-state index contributed by atoms with van der Waals surface area (Å²) in [6.45, 7) is 2.19. The van der Waals surface area contributed by atoms with E-state index in [1.807, 2.05) is 0 Å². The van der Waals surface area contributed by atoms with Gasteiger partial charge in [-0.3, -0.25) is 9.59 Å². The van der Waals surface area contributed by atoms with Crippen LogP contribution in [-0.4, -0.2) is 21.5 Å². The van der Waals surface area contributed by atoms with Crippen molar-refractivity contribution in [1.82, 2.24) is 9.97 Å². The topological polar surface area (TPSA) is 62.8 Å². The Hall–Kier alpha value is -1.10. The summed E-state index contributed by atoms with van der Waals surface area (Å²) >= 11 is 1.37. The maximum Gasteiger partial charge on any atom is 0.254 e. The van der Waals surface area contributed by atoms with E-state index in [0.717, 1.165) is 49.8 Å². The molecule has 0 saturated heterocycles. The Morgan fingerprint density at radius 3 is 2.77 bits per heavy atom. The van der Waals surface area contributed by atoms with E-state index in [9.17, 15) is 9.59 Å². The Labute approximate surface area is 136 Å². The van der Waals surface area contributed by atoms with Crippen molar-refractivity contribution < 1.29 is 4.79 Å². The fourth-order valence-electron chi connectivity index (χ4n) is 2.80. The van der Waals surface area contributed by atoms with Crippen molar-refractivity contribution in [2.45, 2.75) is 76.3 Å². The van der Waals surface area contributed by atoms with Crippen LogP contribution in [0.2, 0.25) is 0 Å². The molecule has 1 aliphatic carbocycles. The van der Waals surface area contributed by atoms with Gasteiger partial charge in [0.1, 0.15) is 5.78 Å². The van der Waals surface area contributed by atoms with Gasteiger partial charge in [-0.15, -0.1) is 0 Å². The summed E-state index contributed by atoms with van der Waals surface area (Å²) in [4.78, 5) is 31.2. The molecule has 0 aromatic carbocycles. The summed E-state index contributed by atoms with van der Waals surface area (Å²) in [7, 11) is 0. The first kappa shape index (κ1) is 17.3. The van der Waals surface area contributed by atoms with E-state index in [1.165, 1.54) is 31.0 Å². The second kappa shape index (κ2) is 9.13. The molecule has 1 aromatic heterocycles. The molecule has 2 rings (SSSR count). The van der Waals surface area contributed by atoms with Gasteiger partial charge >= 0.3 is 0 Å². The van der Waals surface area contributed by atoms with Crippen molar-refractivity contribution in [2.24, 2.45) is 0 Å². The van der Waals surface area contributed by atoms with Crippen LogP contribution in [-0.2, 0) is 17.6 Å². The van der Waals surface area contributed by atoms with E-state index >= 15 is 0 Å². The highest BCUT2D eigenvalue weighted by molar-refractivity contribution is 7.99.